The third-order valence-electron chi connectivity index (χ3n) is 1.49. The number of aromatic nitrogens is 2. The lowest BCUT2D eigenvalue weighted by atomic mass is 10.6. The molecule has 3 nitrogen and oxygen atoms in total. The van der Waals surface area contributed by atoms with E-state index in [1.165, 1.54) is 0 Å². The molecule has 0 spiro atoms. The number of nitrogens with zero attached hydrogens (tertiary/aromatic N) is 2. The average Bonchev–Trinajstić information content (AvgIpc) is 2.47. The maximum absolute atomic E-state index is 4.15. The zero-order valence-electron chi connectivity index (χ0n) is 7.05. The fraction of sp³-hybridized carbons (Fsp3) is 0.375. The molecule has 0 aliphatic carbocycles. The molecule has 1 aromatic rings. The number of anilines is 1. The Morgan fingerprint density at radius 3 is 3.17 bits per heavy atom. The minimum absolute atomic E-state index is 0.705. The van der Waals surface area contributed by atoms with Crippen molar-refractivity contribution in [3.05, 3.63) is 23.5 Å². The van der Waals surface area contributed by atoms with Crippen molar-refractivity contribution in [2.75, 3.05) is 11.9 Å². The molecule has 0 aliphatic heterocycles. The van der Waals surface area contributed by atoms with E-state index in [1.807, 2.05) is 10.8 Å². The molecule has 0 amide bonds. The van der Waals surface area contributed by atoms with E-state index >= 15 is 0 Å². The third kappa shape index (κ3) is 2.37. The highest BCUT2D eigenvalue weighted by molar-refractivity contribution is 9.11. The Balaban J connectivity index is 2.56. The van der Waals surface area contributed by atoms with Crippen molar-refractivity contribution in [1.82, 2.24) is 9.55 Å². The number of hydrogen-bond donors (Lipinski definition) is 1. The van der Waals surface area contributed by atoms with Crippen molar-refractivity contribution in [2.24, 2.45) is 0 Å². The van der Waals surface area contributed by atoms with E-state index in [1.54, 1.807) is 6.20 Å². The first kappa shape index (κ1) is 9.32. The van der Waals surface area contributed by atoms with Crippen LogP contribution in [0.15, 0.2) is 23.5 Å². The van der Waals surface area contributed by atoms with Crippen LogP contribution in [0.25, 0.3) is 0 Å². The Morgan fingerprint density at radius 1 is 1.83 bits per heavy atom. The molecule has 12 heavy (non-hydrogen) atoms. The van der Waals surface area contributed by atoms with Gasteiger partial charge in [0, 0.05) is 30.0 Å². The van der Waals surface area contributed by atoms with Crippen LogP contribution in [-0.2, 0) is 6.54 Å². The van der Waals surface area contributed by atoms with Gasteiger partial charge in [0.15, 0.2) is 0 Å². The lowest BCUT2D eigenvalue weighted by Gasteiger charge is -2.05. The van der Waals surface area contributed by atoms with Crippen molar-refractivity contribution in [3.8, 4) is 0 Å². The third-order valence-corrected chi connectivity index (χ3v) is 1.77. The second-order valence-corrected chi connectivity index (χ2v) is 3.53. The Hall–Kier alpha value is -0.770. The largest absolute Gasteiger partial charge is 0.351 e. The molecule has 1 N–H and O–H groups in total. The van der Waals surface area contributed by atoms with Gasteiger partial charge in [-0.2, -0.15) is 0 Å². The van der Waals surface area contributed by atoms with Crippen LogP contribution in [0.4, 0.5) is 5.95 Å². The monoisotopic (exact) mass is 229 g/mol. The van der Waals surface area contributed by atoms with Crippen LogP contribution in [-0.4, -0.2) is 16.1 Å². The van der Waals surface area contributed by atoms with Crippen molar-refractivity contribution < 1.29 is 0 Å². The van der Waals surface area contributed by atoms with Crippen LogP contribution >= 0.6 is 15.9 Å². The van der Waals surface area contributed by atoms with Gasteiger partial charge in [-0.3, -0.25) is 0 Å². The second-order valence-electron chi connectivity index (χ2n) is 2.41. The Labute approximate surface area is 80.6 Å². The van der Waals surface area contributed by atoms with Crippen LogP contribution < -0.4 is 5.32 Å². The smallest absolute Gasteiger partial charge is 0.203 e. The molecule has 0 saturated carbocycles. The van der Waals surface area contributed by atoms with Crippen LogP contribution in [0, 0.1) is 0 Å². The van der Waals surface area contributed by atoms with Crippen LogP contribution in [0.3, 0.4) is 0 Å². The Bertz CT molecular complexity index is 267. The van der Waals surface area contributed by atoms with Gasteiger partial charge in [-0.05, 0) is 6.92 Å². The Kier molecular flexibility index (Phi) is 3.34. The molecule has 0 fully saturated rings. The first-order chi connectivity index (χ1) is 5.74. The summed E-state index contributed by atoms with van der Waals surface area (Å²) in [7, 11) is 0. The molecule has 1 heterocycles. The lowest BCUT2D eigenvalue weighted by molar-refractivity contribution is 0.767. The summed E-state index contributed by atoms with van der Waals surface area (Å²) >= 11 is 3.27. The normalized spacial score (nSPS) is 9.83. The molecular formula is C8H12BrN3. The predicted octanol–water partition coefficient (Wildman–Crippen LogP) is 2.22. The summed E-state index contributed by atoms with van der Waals surface area (Å²) in [5.74, 6) is 0.887. The molecular weight excluding hydrogens is 218 g/mol. The molecule has 0 radical (unpaired) electrons. The van der Waals surface area contributed by atoms with Gasteiger partial charge in [0.25, 0.3) is 0 Å². The molecule has 4 heteroatoms. The van der Waals surface area contributed by atoms with E-state index in [2.05, 4.69) is 39.7 Å². The van der Waals surface area contributed by atoms with Crippen molar-refractivity contribution in [1.29, 1.82) is 0 Å². The van der Waals surface area contributed by atoms with E-state index < -0.39 is 0 Å². The summed E-state index contributed by atoms with van der Waals surface area (Å²) in [5.41, 5.74) is 0. The zero-order valence-corrected chi connectivity index (χ0v) is 8.63. The molecule has 0 bridgehead atoms. The molecule has 1 rings (SSSR count). The van der Waals surface area contributed by atoms with E-state index in [0.717, 1.165) is 17.0 Å². The van der Waals surface area contributed by atoms with Crippen LogP contribution in [0.2, 0.25) is 0 Å². The summed E-state index contributed by atoms with van der Waals surface area (Å²) in [5, 5.41) is 3.15. The van der Waals surface area contributed by atoms with Crippen LogP contribution in [0.5, 0.6) is 0 Å². The van der Waals surface area contributed by atoms with Gasteiger partial charge >= 0.3 is 0 Å². The van der Waals surface area contributed by atoms with Gasteiger partial charge in [-0.1, -0.05) is 22.5 Å². The number of imidazole rings is 1. The Morgan fingerprint density at radius 2 is 2.58 bits per heavy atom. The minimum Gasteiger partial charge on any atom is -0.351 e. The molecule has 0 aromatic carbocycles. The number of rotatable bonds is 4. The standard InChI is InChI=1S/C8H12BrN3/c1-3-12-5-4-10-8(12)11-6-7(2)9/h4-5H,2-3,6H2,1H3,(H,10,11). The molecule has 0 unspecified atom stereocenters. The van der Waals surface area contributed by atoms with Gasteiger partial charge in [0.1, 0.15) is 0 Å². The maximum atomic E-state index is 4.15. The number of halogens is 1. The van der Waals surface area contributed by atoms with E-state index in [4.69, 9.17) is 0 Å². The summed E-state index contributed by atoms with van der Waals surface area (Å²) < 4.78 is 2.96. The highest BCUT2D eigenvalue weighted by Gasteiger charge is 1.98. The van der Waals surface area contributed by atoms with E-state index in [-0.39, 0.29) is 0 Å². The number of aryl methyl sites for hydroxylation is 1. The van der Waals surface area contributed by atoms with Crippen LogP contribution in [0.1, 0.15) is 6.92 Å². The zero-order chi connectivity index (χ0) is 8.97. The summed E-state index contributed by atoms with van der Waals surface area (Å²) in [4.78, 5) is 4.15. The van der Waals surface area contributed by atoms with E-state index in [9.17, 15) is 0 Å². The van der Waals surface area contributed by atoms with Gasteiger partial charge in [-0.15, -0.1) is 0 Å². The van der Waals surface area contributed by atoms with Gasteiger partial charge in [0.2, 0.25) is 5.95 Å². The predicted molar refractivity (Wildman–Crippen MR) is 54.5 cm³/mol. The highest BCUT2D eigenvalue weighted by atomic mass is 79.9. The topological polar surface area (TPSA) is 29.9 Å². The molecule has 66 valence electrons. The summed E-state index contributed by atoms with van der Waals surface area (Å²) in [6.07, 6.45) is 3.72. The fourth-order valence-corrected chi connectivity index (χ4v) is 1.05. The van der Waals surface area contributed by atoms with Gasteiger partial charge in [0.05, 0.1) is 0 Å². The molecule has 0 atom stereocenters. The number of hydrogen-bond acceptors (Lipinski definition) is 2. The summed E-state index contributed by atoms with van der Waals surface area (Å²) in [6, 6.07) is 0. The van der Waals surface area contributed by atoms with Gasteiger partial charge < -0.3 is 9.88 Å². The number of nitrogens with one attached hydrogen (secondary N) is 1. The minimum atomic E-state index is 0.705. The van der Waals surface area contributed by atoms with Crippen molar-refractivity contribution >= 4 is 21.9 Å². The summed E-state index contributed by atoms with van der Waals surface area (Å²) in [6.45, 7) is 7.44. The van der Waals surface area contributed by atoms with E-state index in [0.29, 0.717) is 6.54 Å². The molecule has 1 aromatic heterocycles. The highest BCUT2D eigenvalue weighted by Crippen LogP contribution is 2.06. The SMILES string of the molecule is C=C(Br)CNc1nccn1CC. The quantitative estimate of drug-likeness (QED) is 0.859. The fourth-order valence-electron chi connectivity index (χ4n) is 0.906. The maximum Gasteiger partial charge on any atom is 0.203 e. The van der Waals surface area contributed by atoms with Crippen molar-refractivity contribution in [3.63, 3.8) is 0 Å². The van der Waals surface area contributed by atoms with Crippen molar-refractivity contribution in [2.45, 2.75) is 13.5 Å². The average molecular weight is 230 g/mol. The lowest BCUT2D eigenvalue weighted by Crippen LogP contribution is -2.07. The first-order valence-electron chi connectivity index (χ1n) is 3.82. The van der Waals surface area contributed by atoms with Gasteiger partial charge in [-0.25, -0.2) is 4.98 Å². The molecule has 0 saturated heterocycles. The second kappa shape index (κ2) is 4.30. The first-order valence-corrected chi connectivity index (χ1v) is 4.61. The molecule has 0 aliphatic rings.